The normalized spacial score (nSPS) is 17.7. The van der Waals surface area contributed by atoms with Gasteiger partial charge in [0.25, 0.3) is 17.7 Å². The first-order valence-electron chi connectivity index (χ1n) is 12.8. The second-order valence-electron chi connectivity index (χ2n) is 10.7. The zero-order valence-electron chi connectivity index (χ0n) is 22.2. The number of amides is 5. The summed E-state index contributed by atoms with van der Waals surface area (Å²) in [6.45, 7) is 10.6. The number of hydrogen-bond acceptors (Lipinski definition) is 8. The molecule has 0 aromatic carbocycles. The summed E-state index contributed by atoms with van der Waals surface area (Å²) in [6, 6.07) is -0.0804. The SMILES string of the molecule is CCCCN1C(=O)C(=C(N)N)C(=O)N(C2CCN(C(=O)c3cnn(COCC[Si](C)(C)C)c3)CC2)C1=O. The van der Waals surface area contributed by atoms with Gasteiger partial charge in [0.2, 0.25) is 0 Å². The third kappa shape index (κ3) is 6.77. The molecule has 12 nitrogen and oxygen atoms in total. The predicted molar refractivity (Wildman–Crippen MR) is 140 cm³/mol. The van der Waals surface area contributed by atoms with Crippen LogP contribution in [0, 0.1) is 0 Å². The molecule has 0 atom stereocenters. The van der Waals surface area contributed by atoms with E-state index in [1.54, 1.807) is 15.8 Å². The minimum absolute atomic E-state index is 0.172. The smallest absolute Gasteiger partial charge is 0.334 e. The van der Waals surface area contributed by atoms with Gasteiger partial charge in [-0.2, -0.15) is 5.10 Å². The molecule has 0 saturated carbocycles. The van der Waals surface area contributed by atoms with Gasteiger partial charge < -0.3 is 21.1 Å². The summed E-state index contributed by atoms with van der Waals surface area (Å²) in [5, 5.41) is 4.23. The highest BCUT2D eigenvalue weighted by Gasteiger charge is 2.46. The highest BCUT2D eigenvalue weighted by atomic mass is 28.3. The molecule has 4 N–H and O–H groups in total. The van der Waals surface area contributed by atoms with Crippen LogP contribution in [0.25, 0.3) is 0 Å². The Labute approximate surface area is 218 Å². The number of likely N-dealkylation sites (tertiary alicyclic amines) is 1. The van der Waals surface area contributed by atoms with E-state index in [-0.39, 0.29) is 24.8 Å². The van der Waals surface area contributed by atoms with Gasteiger partial charge in [0.1, 0.15) is 18.1 Å². The van der Waals surface area contributed by atoms with Crippen LogP contribution in [0.3, 0.4) is 0 Å². The summed E-state index contributed by atoms with van der Waals surface area (Å²) in [7, 11) is -1.18. The second kappa shape index (κ2) is 11.9. The number of piperidine rings is 1. The molecular formula is C24H39N7O5Si. The van der Waals surface area contributed by atoms with Crippen LogP contribution in [0.1, 0.15) is 43.0 Å². The number of aromatic nitrogens is 2. The lowest BCUT2D eigenvalue weighted by atomic mass is 9.99. The molecule has 3 rings (SSSR count). The van der Waals surface area contributed by atoms with Gasteiger partial charge in [0.05, 0.1) is 11.8 Å². The molecule has 2 fully saturated rings. The van der Waals surface area contributed by atoms with Gasteiger partial charge in [-0.1, -0.05) is 33.0 Å². The summed E-state index contributed by atoms with van der Waals surface area (Å²) in [4.78, 5) is 55.7. The number of unbranched alkanes of at least 4 members (excludes halogenated alkanes) is 1. The summed E-state index contributed by atoms with van der Waals surface area (Å²) in [5.41, 5.74) is 11.4. The van der Waals surface area contributed by atoms with Gasteiger partial charge in [-0.3, -0.25) is 24.2 Å². The summed E-state index contributed by atoms with van der Waals surface area (Å²) < 4.78 is 7.29. The molecule has 1 aromatic heterocycles. The molecule has 0 radical (unpaired) electrons. The number of barbiturate groups is 1. The first-order valence-corrected chi connectivity index (χ1v) is 16.5. The molecule has 37 heavy (non-hydrogen) atoms. The molecule has 0 unspecified atom stereocenters. The number of urea groups is 1. The lowest BCUT2D eigenvalue weighted by molar-refractivity contribution is -0.137. The Kier molecular flexibility index (Phi) is 9.13. The molecule has 0 bridgehead atoms. The van der Waals surface area contributed by atoms with Crippen molar-refractivity contribution in [3.05, 3.63) is 29.4 Å². The Morgan fingerprint density at radius 1 is 1.14 bits per heavy atom. The van der Waals surface area contributed by atoms with Crippen LogP contribution in [0.4, 0.5) is 4.79 Å². The zero-order chi connectivity index (χ0) is 27.3. The number of carbonyl (C=O) groups is 4. The largest absolute Gasteiger partial charge is 0.385 e. The molecule has 2 aliphatic rings. The van der Waals surface area contributed by atoms with Crippen molar-refractivity contribution < 1.29 is 23.9 Å². The first-order chi connectivity index (χ1) is 17.4. The highest BCUT2D eigenvalue weighted by Crippen LogP contribution is 2.26. The number of carbonyl (C=O) groups excluding carboxylic acids is 4. The van der Waals surface area contributed by atoms with E-state index < -0.39 is 37.8 Å². The monoisotopic (exact) mass is 533 g/mol. The average Bonchev–Trinajstić information content (AvgIpc) is 3.30. The van der Waals surface area contributed by atoms with Gasteiger partial charge >= 0.3 is 6.03 Å². The Morgan fingerprint density at radius 3 is 2.41 bits per heavy atom. The fraction of sp³-hybridized carbons (Fsp3) is 0.625. The molecular weight excluding hydrogens is 494 g/mol. The predicted octanol–water partition coefficient (Wildman–Crippen LogP) is 1.52. The van der Waals surface area contributed by atoms with Crippen LogP contribution in [-0.2, 0) is 21.1 Å². The van der Waals surface area contributed by atoms with Crippen molar-refractivity contribution in [2.45, 2.75) is 71.1 Å². The number of hydrogen-bond donors (Lipinski definition) is 2. The standard InChI is InChI=1S/C24H39N7O5Si/c1-5-6-9-30-22(33)19(20(25)26)23(34)31(24(30)35)18-7-10-28(11-8-18)21(32)17-14-27-29(15-17)16-36-12-13-37(2,3)4/h14-15,18H,5-13,16,25-26H2,1-4H3. The quantitative estimate of drug-likeness (QED) is 0.198. The van der Waals surface area contributed by atoms with E-state index in [1.807, 2.05) is 6.92 Å². The maximum Gasteiger partial charge on any atom is 0.334 e. The number of rotatable bonds is 10. The van der Waals surface area contributed by atoms with E-state index in [1.165, 1.54) is 6.20 Å². The Balaban J connectivity index is 1.61. The third-order valence-corrected chi connectivity index (χ3v) is 8.27. The Hall–Kier alpha value is -3.19. The second-order valence-corrected chi connectivity index (χ2v) is 16.4. The number of nitrogens with two attached hydrogens (primary N) is 2. The van der Waals surface area contributed by atoms with Crippen molar-refractivity contribution in [1.82, 2.24) is 24.5 Å². The maximum absolute atomic E-state index is 13.1. The van der Waals surface area contributed by atoms with Crippen LogP contribution < -0.4 is 11.5 Å². The minimum atomic E-state index is -1.18. The van der Waals surface area contributed by atoms with Gasteiger partial charge in [-0.05, 0) is 25.3 Å². The summed E-state index contributed by atoms with van der Waals surface area (Å²) in [5.74, 6) is -2.10. The summed E-state index contributed by atoms with van der Waals surface area (Å²) >= 11 is 0. The maximum atomic E-state index is 13.1. The molecule has 13 heteroatoms. The average molecular weight is 534 g/mol. The molecule has 2 saturated heterocycles. The molecule has 2 aliphatic heterocycles. The molecule has 1 aromatic rings. The highest BCUT2D eigenvalue weighted by molar-refractivity contribution is 6.76. The van der Waals surface area contributed by atoms with Gasteiger partial charge in [0, 0.05) is 46.6 Å². The lowest BCUT2D eigenvalue weighted by Gasteiger charge is -2.41. The van der Waals surface area contributed by atoms with Crippen molar-refractivity contribution in [3.8, 4) is 0 Å². The van der Waals surface area contributed by atoms with Crippen LogP contribution in [0.15, 0.2) is 23.8 Å². The molecule has 0 aliphatic carbocycles. The van der Waals surface area contributed by atoms with Crippen molar-refractivity contribution in [3.63, 3.8) is 0 Å². The van der Waals surface area contributed by atoms with Gasteiger partial charge in [-0.15, -0.1) is 0 Å². The van der Waals surface area contributed by atoms with Crippen LogP contribution in [0.5, 0.6) is 0 Å². The topological polar surface area (TPSA) is 157 Å². The molecule has 3 heterocycles. The Bertz CT molecular complexity index is 1050. The van der Waals surface area contributed by atoms with E-state index in [9.17, 15) is 19.2 Å². The third-order valence-electron chi connectivity index (χ3n) is 6.57. The van der Waals surface area contributed by atoms with Gasteiger partial charge in [-0.25, -0.2) is 9.48 Å². The number of ether oxygens (including phenoxy) is 1. The van der Waals surface area contributed by atoms with Crippen molar-refractivity contribution in [2.24, 2.45) is 11.5 Å². The summed E-state index contributed by atoms with van der Waals surface area (Å²) in [6.07, 6.45) is 5.31. The fourth-order valence-corrected chi connectivity index (χ4v) is 5.08. The van der Waals surface area contributed by atoms with Crippen molar-refractivity contribution >= 4 is 31.8 Å². The first kappa shape index (κ1) is 28.4. The van der Waals surface area contributed by atoms with E-state index in [0.29, 0.717) is 44.5 Å². The van der Waals surface area contributed by atoms with E-state index in [0.717, 1.165) is 22.3 Å². The van der Waals surface area contributed by atoms with Crippen LogP contribution in [-0.4, -0.2) is 88.6 Å². The minimum Gasteiger partial charge on any atom is -0.385 e. The van der Waals surface area contributed by atoms with Crippen molar-refractivity contribution in [2.75, 3.05) is 26.2 Å². The van der Waals surface area contributed by atoms with Crippen LogP contribution >= 0.6 is 0 Å². The van der Waals surface area contributed by atoms with E-state index >= 15 is 0 Å². The van der Waals surface area contributed by atoms with E-state index in [4.69, 9.17) is 16.2 Å². The van der Waals surface area contributed by atoms with Gasteiger partial charge in [0.15, 0.2) is 0 Å². The molecule has 5 amide bonds. The Morgan fingerprint density at radius 2 is 1.81 bits per heavy atom. The van der Waals surface area contributed by atoms with Crippen molar-refractivity contribution in [1.29, 1.82) is 0 Å². The van der Waals surface area contributed by atoms with Crippen LogP contribution in [0.2, 0.25) is 25.7 Å². The lowest BCUT2D eigenvalue weighted by Crippen LogP contribution is -2.62. The van der Waals surface area contributed by atoms with E-state index in [2.05, 4.69) is 24.7 Å². The molecule has 204 valence electrons. The number of nitrogens with zero attached hydrogens (tertiary/aromatic N) is 5. The zero-order valence-corrected chi connectivity index (χ0v) is 23.2. The fourth-order valence-electron chi connectivity index (χ4n) is 4.32. The number of imide groups is 2. The molecule has 0 spiro atoms.